The van der Waals surface area contributed by atoms with Crippen molar-refractivity contribution in [1.82, 2.24) is 10.2 Å². The lowest BCUT2D eigenvalue weighted by atomic mass is 9.98. The summed E-state index contributed by atoms with van der Waals surface area (Å²) >= 11 is 4.90. The monoisotopic (exact) mass is 287 g/mol. The summed E-state index contributed by atoms with van der Waals surface area (Å²) in [5, 5.41) is 12.4. The van der Waals surface area contributed by atoms with Crippen LogP contribution in [0.2, 0.25) is 0 Å². The molecule has 0 aliphatic heterocycles. The predicted octanol–water partition coefficient (Wildman–Crippen LogP) is 3.15. The van der Waals surface area contributed by atoms with Crippen molar-refractivity contribution in [3.05, 3.63) is 3.92 Å². The molecule has 2 fully saturated rings. The van der Waals surface area contributed by atoms with E-state index in [-0.39, 0.29) is 0 Å². The molecule has 1 heterocycles. The molecule has 0 aromatic carbocycles. The first-order valence-corrected chi connectivity index (χ1v) is 7.17. The van der Waals surface area contributed by atoms with Crippen molar-refractivity contribution in [3.8, 4) is 0 Å². The average molecular weight is 288 g/mol. The molecule has 0 saturated heterocycles. The van der Waals surface area contributed by atoms with Gasteiger partial charge in [0, 0.05) is 6.54 Å². The second-order valence-corrected chi connectivity index (χ2v) is 6.83. The summed E-state index contributed by atoms with van der Waals surface area (Å²) < 4.78 is 0.861. The van der Waals surface area contributed by atoms with Gasteiger partial charge in [-0.25, -0.2) is 0 Å². The van der Waals surface area contributed by atoms with Crippen molar-refractivity contribution in [3.63, 3.8) is 0 Å². The number of aromatic nitrogens is 2. The lowest BCUT2D eigenvalue weighted by Gasteiger charge is -2.15. The molecule has 82 valence electrons. The van der Waals surface area contributed by atoms with Crippen molar-refractivity contribution in [2.24, 2.45) is 17.8 Å². The van der Waals surface area contributed by atoms with E-state index < -0.39 is 0 Å². The molecule has 2 saturated carbocycles. The van der Waals surface area contributed by atoms with E-state index in [4.69, 9.17) is 0 Å². The largest absolute Gasteiger partial charge is 0.360 e. The van der Waals surface area contributed by atoms with E-state index in [1.165, 1.54) is 25.7 Å². The molecule has 2 aliphatic carbocycles. The summed E-state index contributed by atoms with van der Waals surface area (Å²) in [6.07, 6.45) is 5.79. The minimum absolute atomic E-state index is 0.861. The molecule has 15 heavy (non-hydrogen) atoms. The third-order valence-electron chi connectivity index (χ3n) is 3.34. The highest BCUT2D eigenvalue weighted by molar-refractivity contribution is 9.11. The summed E-state index contributed by atoms with van der Waals surface area (Å²) in [6.45, 7) is 1.09. The number of halogens is 1. The number of anilines is 1. The van der Waals surface area contributed by atoms with Crippen molar-refractivity contribution < 1.29 is 0 Å². The molecule has 0 atom stereocenters. The van der Waals surface area contributed by atoms with E-state index in [1.807, 2.05) is 0 Å². The number of nitrogens with one attached hydrogen (secondary N) is 1. The number of hydrogen-bond acceptors (Lipinski definition) is 4. The maximum atomic E-state index is 4.06. The topological polar surface area (TPSA) is 37.8 Å². The Kier molecular flexibility index (Phi) is 2.68. The van der Waals surface area contributed by atoms with E-state index >= 15 is 0 Å². The molecule has 2 aliphatic rings. The summed E-state index contributed by atoms with van der Waals surface area (Å²) in [7, 11) is 0. The lowest BCUT2D eigenvalue weighted by molar-refractivity contribution is 0.428. The van der Waals surface area contributed by atoms with Gasteiger partial charge in [0.25, 0.3) is 0 Å². The zero-order valence-corrected chi connectivity index (χ0v) is 10.9. The van der Waals surface area contributed by atoms with Crippen LogP contribution in [0.25, 0.3) is 0 Å². The van der Waals surface area contributed by atoms with Crippen LogP contribution in [0.1, 0.15) is 25.7 Å². The molecule has 1 aromatic heterocycles. The van der Waals surface area contributed by atoms with Gasteiger partial charge in [-0.05, 0) is 59.4 Å². The zero-order chi connectivity index (χ0) is 10.3. The smallest absolute Gasteiger partial charge is 0.206 e. The van der Waals surface area contributed by atoms with Gasteiger partial charge in [-0.15, -0.1) is 10.2 Å². The summed E-state index contributed by atoms with van der Waals surface area (Å²) in [5.74, 6) is 2.90. The van der Waals surface area contributed by atoms with E-state index in [9.17, 15) is 0 Å². The fourth-order valence-corrected chi connectivity index (χ4v) is 3.27. The maximum Gasteiger partial charge on any atom is 0.206 e. The third kappa shape index (κ3) is 2.50. The Bertz CT molecular complexity index is 334. The van der Waals surface area contributed by atoms with Crippen LogP contribution in [0.5, 0.6) is 0 Å². The Morgan fingerprint density at radius 2 is 1.93 bits per heavy atom. The summed E-state index contributed by atoms with van der Waals surface area (Å²) in [4.78, 5) is 0. The Morgan fingerprint density at radius 3 is 2.40 bits per heavy atom. The molecule has 0 unspecified atom stereocenters. The van der Waals surface area contributed by atoms with Crippen molar-refractivity contribution >= 4 is 32.4 Å². The van der Waals surface area contributed by atoms with E-state index in [0.717, 1.165) is 33.3 Å². The molecule has 0 spiro atoms. The molecule has 0 bridgehead atoms. The Labute approximate surface area is 102 Å². The molecular formula is C10H14BrN3S. The van der Waals surface area contributed by atoms with Crippen LogP contribution in [-0.4, -0.2) is 16.7 Å². The van der Waals surface area contributed by atoms with Gasteiger partial charge < -0.3 is 5.32 Å². The molecular weight excluding hydrogens is 274 g/mol. The van der Waals surface area contributed by atoms with Gasteiger partial charge in [-0.1, -0.05) is 11.3 Å². The quantitative estimate of drug-likeness (QED) is 0.904. The number of hydrogen-bond donors (Lipinski definition) is 1. The molecule has 0 radical (unpaired) electrons. The molecule has 3 rings (SSSR count). The first kappa shape index (κ1) is 10.0. The highest BCUT2D eigenvalue weighted by atomic mass is 79.9. The van der Waals surface area contributed by atoms with Crippen LogP contribution in [0.15, 0.2) is 3.92 Å². The lowest BCUT2D eigenvalue weighted by Crippen LogP contribution is -2.18. The van der Waals surface area contributed by atoms with Crippen LogP contribution in [0.3, 0.4) is 0 Å². The van der Waals surface area contributed by atoms with Gasteiger partial charge >= 0.3 is 0 Å². The maximum absolute atomic E-state index is 4.06. The van der Waals surface area contributed by atoms with E-state index in [2.05, 4.69) is 31.4 Å². The Morgan fingerprint density at radius 1 is 1.27 bits per heavy atom. The van der Waals surface area contributed by atoms with Crippen LogP contribution in [-0.2, 0) is 0 Å². The summed E-state index contributed by atoms with van der Waals surface area (Å²) in [5.41, 5.74) is 0. The van der Waals surface area contributed by atoms with Gasteiger partial charge in [-0.2, -0.15) is 0 Å². The standard InChI is InChI=1S/C10H14BrN3S/c11-9-13-14-10(15-9)12-5-8(6-1-2-6)7-3-4-7/h6-8H,1-5H2,(H,12,14). The normalized spacial score (nSPS) is 20.9. The number of rotatable bonds is 5. The SMILES string of the molecule is Brc1nnc(NCC(C2CC2)C2CC2)s1. The zero-order valence-electron chi connectivity index (χ0n) is 8.45. The highest BCUT2D eigenvalue weighted by Gasteiger charge is 2.41. The van der Waals surface area contributed by atoms with Gasteiger partial charge in [0.15, 0.2) is 3.92 Å². The second kappa shape index (κ2) is 4.01. The van der Waals surface area contributed by atoms with Crippen LogP contribution < -0.4 is 5.32 Å². The van der Waals surface area contributed by atoms with E-state index in [1.54, 1.807) is 11.3 Å². The molecule has 1 N–H and O–H groups in total. The third-order valence-corrected chi connectivity index (χ3v) is 4.66. The van der Waals surface area contributed by atoms with Gasteiger partial charge in [-0.3, -0.25) is 0 Å². The van der Waals surface area contributed by atoms with Gasteiger partial charge in [0.1, 0.15) is 0 Å². The van der Waals surface area contributed by atoms with E-state index in [0.29, 0.717) is 0 Å². The predicted molar refractivity (Wildman–Crippen MR) is 65.0 cm³/mol. The van der Waals surface area contributed by atoms with Crippen LogP contribution >= 0.6 is 27.3 Å². The van der Waals surface area contributed by atoms with Gasteiger partial charge in [0.2, 0.25) is 5.13 Å². The minimum Gasteiger partial charge on any atom is -0.360 e. The number of nitrogens with zero attached hydrogens (tertiary/aromatic N) is 2. The Hall–Kier alpha value is -0.160. The molecule has 0 amide bonds. The molecule has 3 nitrogen and oxygen atoms in total. The molecule has 1 aromatic rings. The van der Waals surface area contributed by atoms with Crippen molar-refractivity contribution in [2.75, 3.05) is 11.9 Å². The van der Waals surface area contributed by atoms with Crippen molar-refractivity contribution in [2.45, 2.75) is 25.7 Å². The fourth-order valence-electron chi connectivity index (χ4n) is 2.25. The average Bonchev–Trinajstić information content (AvgIpc) is 3.09. The highest BCUT2D eigenvalue weighted by Crippen LogP contribution is 2.49. The van der Waals surface area contributed by atoms with Crippen molar-refractivity contribution in [1.29, 1.82) is 0 Å². The fraction of sp³-hybridized carbons (Fsp3) is 0.800. The second-order valence-electron chi connectivity index (χ2n) is 4.58. The minimum atomic E-state index is 0.861. The van der Waals surface area contributed by atoms with Crippen LogP contribution in [0, 0.1) is 17.8 Å². The first-order valence-electron chi connectivity index (χ1n) is 5.56. The Balaban J connectivity index is 1.55. The summed E-state index contributed by atoms with van der Waals surface area (Å²) in [6, 6.07) is 0. The first-order chi connectivity index (χ1) is 7.33. The van der Waals surface area contributed by atoms with Gasteiger partial charge in [0.05, 0.1) is 0 Å². The van der Waals surface area contributed by atoms with Crippen LogP contribution in [0.4, 0.5) is 5.13 Å². The molecule has 5 heteroatoms.